The topological polar surface area (TPSA) is 45.6 Å². The van der Waals surface area contributed by atoms with E-state index >= 15 is 0 Å². The minimum absolute atomic E-state index is 0.177. The zero-order chi connectivity index (χ0) is 18.1. The fourth-order valence-corrected chi connectivity index (χ4v) is 4.11. The van der Waals surface area contributed by atoms with Crippen LogP contribution in [0, 0.1) is 9.49 Å². The highest BCUT2D eigenvalue weighted by molar-refractivity contribution is 14.1. The van der Waals surface area contributed by atoms with Crippen LogP contribution in [0.15, 0.2) is 29.2 Å². The molecule has 5 nitrogen and oxygen atoms in total. The molecule has 2 aromatic rings. The Morgan fingerprint density at radius 2 is 2.12 bits per heavy atom. The van der Waals surface area contributed by atoms with Gasteiger partial charge >= 0.3 is 0 Å². The molecule has 0 aliphatic carbocycles. The van der Waals surface area contributed by atoms with Crippen LogP contribution in [0.2, 0.25) is 0 Å². The normalized spacial score (nSPS) is 18.5. The van der Waals surface area contributed by atoms with Gasteiger partial charge in [-0.05, 0) is 73.1 Å². The van der Waals surface area contributed by atoms with E-state index in [-0.39, 0.29) is 16.9 Å². The van der Waals surface area contributed by atoms with E-state index in [0.29, 0.717) is 11.3 Å². The average Bonchev–Trinajstić information content (AvgIpc) is 2.56. The maximum atomic E-state index is 12.9. The fourth-order valence-electron chi connectivity index (χ4n) is 3.61. The zero-order valence-electron chi connectivity index (χ0n) is 15.0. The van der Waals surface area contributed by atoms with Gasteiger partial charge in [0.05, 0.1) is 5.52 Å². The van der Waals surface area contributed by atoms with E-state index in [2.05, 4.69) is 39.1 Å². The van der Waals surface area contributed by atoms with Gasteiger partial charge in [-0.3, -0.25) is 9.59 Å². The number of fused-ring (bicyclic) bond motifs is 1. The first-order valence-corrected chi connectivity index (χ1v) is 9.67. The van der Waals surface area contributed by atoms with E-state index in [1.165, 1.54) is 17.7 Å². The second kappa shape index (κ2) is 7.45. The van der Waals surface area contributed by atoms with E-state index in [1.54, 1.807) is 20.3 Å². The molecular weight excluding hydrogens is 429 g/mol. The quantitative estimate of drug-likeness (QED) is 0.672. The summed E-state index contributed by atoms with van der Waals surface area (Å²) < 4.78 is 3.11. The minimum atomic E-state index is -0.236. The number of rotatable bonds is 3. The molecule has 0 unspecified atom stereocenters. The van der Waals surface area contributed by atoms with Crippen LogP contribution in [0.3, 0.4) is 0 Å². The lowest BCUT2D eigenvalue weighted by Crippen LogP contribution is -2.35. The molecule has 0 N–H and O–H groups in total. The molecule has 0 saturated carbocycles. The van der Waals surface area contributed by atoms with Gasteiger partial charge < -0.3 is 14.4 Å². The average molecular weight is 453 g/mol. The van der Waals surface area contributed by atoms with Crippen molar-refractivity contribution >= 4 is 39.4 Å². The first-order chi connectivity index (χ1) is 11.9. The van der Waals surface area contributed by atoms with Crippen LogP contribution in [0.1, 0.15) is 23.2 Å². The van der Waals surface area contributed by atoms with Crippen LogP contribution >= 0.6 is 22.6 Å². The number of pyridine rings is 1. The summed E-state index contributed by atoms with van der Waals surface area (Å²) >= 11 is 2.21. The highest BCUT2D eigenvalue weighted by Gasteiger charge is 2.21. The van der Waals surface area contributed by atoms with Gasteiger partial charge in [0.15, 0.2) is 0 Å². The van der Waals surface area contributed by atoms with Crippen molar-refractivity contribution < 1.29 is 4.79 Å². The molecule has 1 amide bonds. The van der Waals surface area contributed by atoms with Crippen molar-refractivity contribution in [1.82, 2.24) is 14.4 Å². The third-order valence-corrected chi connectivity index (χ3v) is 5.53. The van der Waals surface area contributed by atoms with E-state index in [9.17, 15) is 9.59 Å². The Bertz CT molecular complexity index is 860. The third-order valence-electron chi connectivity index (χ3n) is 4.86. The molecule has 1 saturated heterocycles. The lowest BCUT2D eigenvalue weighted by Gasteiger charge is -2.30. The summed E-state index contributed by atoms with van der Waals surface area (Å²) in [4.78, 5) is 29.2. The zero-order valence-corrected chi connectivity index (χ0v) is 17.1. The molecule has 0 spiro atoms. The number of benzene rings is 1. The Morgan fingerprint density at radius 3 is 2.80 bits per heavy atom. The SMILES string of the molecule is CN1CCC[C@@H](Cn2cc(C(=O)N(C)C)c(=O)c3cc(I)ccc32)C1. The molecule has 134 valence electrons. The summed E-state index contributed by atoms with van der Waals surface area (Å²) in [5.74, 6) is 0.298. The number of aromatic nitrogens is 1. The van der Waals surface area contributed by atoms with Crippen molar-refractivity contribution in [2.75, 3.05) is 34.2 Å². The minimum Gasteiger partial charge on any atom is -0.346 e. The maximum absolute atomic E-state index is 12.9. The molecule has 1 aromatic heterocycles. The maximum Gasteiger partial charge on any atom is 0.258 e. The summed E-state index contributed by atoms with van der Waals surface area (Å²) in [5.41, 5.74) is 0.988. The van der Waals surface area contributed by atoms with Crippen molar-refractivity contribution in [1.29, 1.82) is 0 Å². The van der Waals surface area contributed by atoms with Crippen molar-refractivity contribution in [2.45, 2.75) is 19.4 Å². The molecule has 0 bridgehead atoms. The molecule has 25 heavy (non-hydrogen) atoms. The molecule has 1 aliphatic rings. The molecule has 1 fully saturated rings. The van der Waals surface area contributed by atoms with Gasteiger partial charge in [0, 0.05) is 42.3 Å². The Morgan fingerprint density at radius 1 is 1.36 bits per heavy atom. The monoisotopic (exact) mass is 453 g/mol. The molecule has 1 aliphatic heterocycles. The van der Waals surface area contributed by atoms with E-state index in [1.807, 2.05) is 18.2 Å². The molecule has 1 aromatic carbocycles. The van der Waals surface area contributed by atoms with Crippen LogP contribution in [0.4, 0.5) is 0 Å². The van der Waals surface area contributed by atoms with Crippen LogP contribution in [-0.2, 0) is 6.54 Å². The molecule has 0 radical (unpaired) electrons. The van der Waals surface area contributed by atoms with Gasteiger partial charge in [-0.15, -0.1) is 0 Å². The van der Waals surface area contributed by atoms with Crippen molar-refractivity contribution in [3.05, 3.63) is 43.8 Å². The van der Waals surface area contributed by atoms with E-state index in [0.717, 1.165) is 28.7 Å². The largest absolute Gasteiger partial charge is 0.346 e. The Balaban J connectivity index is 2.11. The van der Waals surface area contributed by atoms with Gasteiger partial charge in [0.1, 0.15) is 5.56 Å². The molecule has 6 heteroatoms. The summed E-state index contributed by atoms with van der Waals surface area (Å²) in [5, 5.41) is 0.628. The van der Waals surface area contributed by atoms with Crippen molar-refractivity contribution in [2.24, 2.45) is 5.92 Å². The number of carbonyl (C=O) groups excluding carboxylic acids is 1. The predicted octanol–water partition coefficient (Wildman–Crippen LogP) is 2.65. The van der Waals surface area contributed by atoms with Crippen LogP contribution in [-0.4, -0.2) is 54.5 Å². The lowest BCUT2D eigenvalue weighted by atomic mass is 9.98. The van der Waals surface area contributed by atoms with Crippen molar-refractivity contribution in [3.8, 4) is 0 Å². The summed E-state index contributed by atoms with van der Waals surface area (Å²) in [7, 11) is 5.52. The van der Waals surface area contributed by atoms with Gasteiger partial charge in [-0.25, -0.2) is 0 Å². The van der Waals surface area contributed by atoms with E-state index < -0.39 is 0 Å². The molecule has 2 heterocycles. The van der Waals surface area contributed by atoms with E-state index in [4.69, 9.17) is 0 Å². The predicted molar refractivity (Wildman–Crippen MR) is 109 cm³/mol. The standard InChI is InChI=1S/C19H24IN3O2/c1-21(2)19(25)16-12-23(11-13-5-4-8-22(3)10-13)17-7-6-14(20)9-15(17)18(16)24/h6-7,9,12-13H,4-5,8,10-11H2,1-3H3/t13-/m1/s1. The summed E-state index contributed by atoms with van der Waals surface area (Å²) in [6.07, 6.45) is 4.13. The molecule has 3 rings (SSSR count). The number of hydrogen-bond donors (Lipinski definition) is 0. The first-order valence-electron chi connectivity index (χ1n) is 8.59. The van der Waals surface area contributed by atoms with Gasteiger partial charge in [-0.1, -0.05) is 0 Å². The number of hydrogen-bond acceptors (Lipinski definition) is 3. The number of amides is 1. The highest BCUT2D eigenvalue weighted by Crippen LogP contribution is 2.21. The van der Waals surface area contributed by atoms with Crippen molar-refractivity contribution in [3.63, 3.8) is 0 Å². The molecular formula is C19H24IN3O2. The Labute approximate surface area is 161 Å². The fraction of sp³-hybridized carbons (Fsp3) is 0.474. The number of likely N-dealkylation sites (tertiary alicyclic amines) is 1. The summed E-state index contributed by atoms with van der Waals surface area (Å²) in [6, 6.07) is 5.89. The number of piperidine rings is 1. The Kier molecular flexibility index (Phi) is 5.48. The number of carbonyl (C=O) groups is 1. The van der Waals surface area contributed by atoms with Gasteiger partial charge in [0.2, 0.25) is 5.43 Å². The van der Waals surface area contributed by atoms with Crippen LogP contribution < -0.4 is 5.43 Å². The summed E-state index contributed by atoms with van der Waals surface area (Å²) in [6.45, 7) is 3.02. The first kappa shape index (κ1) is 18.4. The Hall–Kier alpha value is -1.41. The second-order valence-electron chi connectivity index (χ2n) is 7.16. The second-order valence-corrected chi connectivity index (χ2v) is 8.40. The number of halogens is 1. The van der Waals surface area contributed by atoms with Crippen LogP contribution in [0.25, 0.3) is 10.9 Å². The highest BCUT2D eigenvalue weighted by atomic mass is 127. The third kappa shape index (κ3) is 3.89. The smallest absolute Gasteiger partial charge is 0.258 e. The van der Waals surface area contributed by atoms with Gasteiger partial charge in [-0.2, -0.15) is 0 Å². The molecule has 1 atom stereocenters. The van der Waals surface area contributed by atoms with Gasteiger partial charge in [0.25, 0.3) is 5.91 Å². The number of nitrogens with zero attached hydrogens (tertiary/aromatic N) is 3. The lowest BCUT2D eigenvalue weighted by molar-refractivity contribution is 0.0825. The van der Waals surface area contributed by atoms with Crippen LogP contribution in [0.5, 0.6) is 0 Å².